The van der Waals surface area contributed by atoms with Gasteiger partial charge in [0, 0.05) is 25.7 Å². The highest BCUT2D eigenvalue weighted by Crippen LogP contribution is 2.45. The number of carbonyl (C=O) groups excluding carboxylic acids is 4. The van der Waals surface area contributed by atoms with Gasteiger partial charge in [-0.25, -0.2) is 9.13 Å². The summed E-state index contributed by atoms with van der Waals surface area (Å²) >= 11 is 0. The topological polar surface area (TPSA) is 237 Å². The van der Waals surface area contributed by atoms with Crippen molar-refractivity contribution in [3.05, 3.63) is 0 Å². The Morgan fingerprint density at radius 2 is 0.438 bits per heavy atom. The molecule has 17 nitrogen and oxygen atoms in total. The molecule has 0 aliphatic carbocycles. The molecule has 0 saturated carbocycles. The molecule has 0 aromatic heterocycles. The zero-order valence-electron chi connectivity index (χ0n) is 69.0. The standard InChI is InChI=1S/C86H168O17P2/c1-7-9-11-13-15-17-19-21-23-25-27-29-31-33-35-37-42-46-50-58-64-70-85(90)102-81(74-96-83(88)68-62-56-49-45-41-36-34-32-30-28-26-24-22-20-18-16-14-12-10-8-2)76-100-104(92,93)98-72-80(87)73-99-105(94,95)101-77-82(75-97-84(89)69-63-57-53-52-55-61-67-79(5)6)103-86(91)71-65-59-51-47-43-39-38-40-44-48-54-60-66-78(3)4/h78-82,87H,7-77H2,1-6H3,(H,92,93)(H,94,95)/t80-,81-,82-/m1/s1. The van der Waals surface area contributed by atoms with Gasteiger partial charge in [-0.15, -0.1) is 0 Å². The third kappa shape index (κ3) is 79.9. The molecule has 0 bridgehead atoms. The maximum atomic E-state index is 13.1. The smallest absolute Gasteiger partial charge is 0.462 e. The molecule has 0 saturated heterocycles. The number of hydrogen-bond donors (Lipinski definition) is 3. The number of aliphatic hydroxyl groups excluding tert-OH is 1. The fourth-order valence-electron chi connectivity index (χ4n) is 13.4. The number of phosphoric acid groups is 2. The van der Waals surface area contributed by atoms with Crippen molar-refractivity contribution in [1.29, 1.82) is 0 Å². The number of rotatable bonds is 85. The second-order valence-electron chi connectivity index (χ2n) is 31.9. The van der Waals surface area contributed by atoms with E-state index in [0.29, 0.717) is 31.6 Å². The minimum Gasteiger partial charge on any atom is -0.462 e. The number of carbonyl (C=O) groups is 4. The monoisotopic (exact) mass is 1540 g/mol. The van der Waals surface area contributed by atoms with Gasteiger partial charge in [-0.1, -0.05) is 408 Å². The number of esters is 4. The van der Waals surface area contributed by atoms with Gasteiger partial charge in [0.15, 0.2) is 12.2 Å². The zero-order valence-corrected chi connectivity index (χ0v) is 70.8. The van der Waals surface area contributed by atoms with Crippen molar-refractivity contribution in [2.45, 2.75) is 477 Å². The van der Waals surface area contributed by atoms with Crippen LogP contribution in [0.5, 0.6) is 0 Å². The van der Waals surface area contributed by atoms with Gasteiger partial charge in [0.25, 0.3) is 0 Å². The van der Waals surface area contributed by atoms with Gasteiger partial charge < -0.3 is 33.8 Å². The van der Waals surface area contributed by atoms with E-state index in [0.717, 1.165) is 102 Å². The first kappa shape index (κ1) is 103. The highest BCUT2D eigenvalue weighted by Gasteiger charge is 2.30. The SMILES string of the molecule is CCCCCCCCCCCCCCCCCCCCCCCC(=O)O[C@H](COC(=O)CCCCCCCCCCCCCCCCCCCCCC)COP(=O)(O)OC[C@@H](O)COP(=O)(O)OC[C@@H](COC(=O)CCCCCCCCC(C)C)OC(=O)CCCCCCCCCCCCCCC(C)C. The summed E-state index contributed by atoms with van der Waals surface area (Å²) in [6.45, 7) is 9.59. The van der Waals surface area contributed by atoms with Crippen molar-refractivity contribution >= 4 is 39.5 Å². The Kier molecular flexibility index (Phi) is 76.0. The third-order valence-electron chi connectivity index (χ3n) is 20.2. The molecule has 2 unspecified atom stereocenters. The fourth-order valence-corrected chi connectivity index (χ4v) is 15.0. The van der Waals surface area contributed by atoms with Crippen LogP contribution < -0.4 is 0 Å². The number of aliphatic hydroxyl groups is 1. The van der Waals surface area contributed by atoms with Gasteiger partial charge in [0.05, 0.1) is 26.4 Å². The molecule has 105 heavy (non-hydrogen) atoms. The molecule has 0 heterocycles. The largest absolute Gasteiger partial charge is 0.472 e. The Hall–Kier alpha value is -1.94. The maximum absolute atomic E-state index is 13.1. The van der Waals surface area contributed by atoms with Crippen LogP contribution in [0.2, 0.25) is 0 Å². The Labute approximate surface area is 645 Å². The van der Waals surface area contributed by atoms with Crippen LogP contribution in [-0.2, 0) is 65.4 Å². The van der Waals surface area contributed by atoms with Gasteiger partial charge in [0.2, 0.25) is 0 Å². The summed E-state index contributed by atoms with van der Waals surface area (Å²) in [5.41, 5.74) is 0. The molecule has 3 N–H and O–H groups in total. The van der Waals surface area contributed by atoms with Crippen LogP contribution in [-0.4, -0.2) is 96.7 Å². The van der Waals surface area contributed by atoms with Gasteiger partial charge in [-0.05, 0) is 37.5 Å². The second kappa shape index (κ2) is 77.4. The van der Waals surface area contributed by atoms with E-state index in [9.17, 15) is 43.2 Å². The summed E-state index contributed by atoms with van der Waals surface area (Å²) < 4.78 is 68.8. The van der Waals surface area contributed by atoms with Crippen molar-refractivity contribution < 1.29 is 80.2 Å². The summed E-state index contributed by atoms with van der Waals surface area (Å²) in [5, 5.41) is 10.7. The van der Waals surface area contributed by atoms with Crippen LogP contribution in [0.3, 0.4) is 0 Å². The van der Waals surface area contributed by atoms with Crippen LogP contribution >= 0.6 is 15.6 Å². The quantitative estimate of drug-likeness (QED) is 0.0222. The van der Waals surface area contributed by atoms with Gasteiger partial charge in [0.1, 0.15) is 19.3 Å². The van der Waals surface area contributed by atoms with Crippen LogP contribution in [0.25, 0.3) is 0 Å². The predicted octanol–water partition coefficient (Wildman–Crippen LogP) is 26.2. The molecule has 0 radical (unpaired) electrons. The summed E-state index contributed by atoms with van der Waals surface area (Å²) in [4.78, 5) is 73.1. The van der Waals surface area contributed by atoms with Crippen molar-refractivity contribution in [2.24, 2.45) is 11.8 Å². The number of unbranched alkanes of at least 4 members (excludes halogenated alkanes) is 55. The molecule has 0 spiro atoms. The Morgan fingerprint density at radius 3 is 0.648 bits per heavy atom. The molecular formula is C86H168O17P2. The minimum absolute atomic E-state index is 0.106. The maximum Gasteiger partial charge on any atom is 0.472 e. The summed E-state index contributed by atoms with van der Waals surface area (Å²) in [5.74, 6) is -0.650. The number of ether oxygens (including phenoxy) is 4. The molecule has 0 aliphatic heterocycles. The molecule has 19 heteroatoms. The Morgan fingerprint density at radius 1 is 0.257 bits per heavy atom. The average molecular weight is 1540 g/mol. The van der Waals surface area contributed by atoms with Crippen molar-refractivity contribution in [3.8, 4) is 0 Å². The Bertz CT molecular complexity index is 2010. The van der Waals surface area contributed by atoms with E-state index in [-0.39, 0.29) is 25.7 Å². The van der Waals surface area contributed by atoms with E-state index in [1.807, 2.05) is 0 Å². The summed E-state index contributed by atoms with van der Waals surface area (Å²) in [6.07, 6.45) is 69.8. The average Bonchev–Trinajstić information content (AvgIpc) is 0.911. The van der Waals surface area contributed by atoms with E-state index in [1.165, 1.54) is 270 Å². The van der Waals surface area contributed by atoms with E-state index >= 15 is 0 Å². The lowest BCUT2D eigenvalue weighted by Gasteiger charge is -2.21. The van der Waals surface area contributed by atoms with E-state index in [4.69, 9.17) is 37.0 Å². The lowest BCUT2D eigenvalue weighted by molar-refractivity contribution is -0.161. The highest BCUT2D eigenvalue weighted by molar-refractivity contribution is 7.47. The number of hydrogen-bond acceptors (Lipinski definition) is 15. The van der Waals surface area contributed by atoms with Crippen LogP contribution in [0, 0.1) is 11.8 Å². The zero-order chi connectivity index (χ0) is 77.1. The third-order valence-corrected chi connectivity index (χ3v) is 22.1. The number of phosphoric ester groups is 2. The molecular weight excluding hydrogens is 1370 g/mol. The Balaban J connectivity index is 5.20. The first-order chi connectivity index (χ1) is 50.9. The first-order valence-corrected chi connectivity index (χ1v) is 47.5. The summed E-state index contributed by atoms with van der Waals surface area (Å²) in [6, 6.07) is 0. The van der Waals surface area contributed by atoms with Crippen LogP contribution in [0.1, 0.15) is 459 Å². The molecule has 0 aliphatic rings. The van der Waals surface area contributed by atoms with E-state index in [2.05, 4.69) is 41.5 Å². The lowest BCUT2D eigenvalue weighted by atomic mass is 10.0. The van der Waals surface area contributed by atoms with Gasteiger partial charge >= 0.3 is 39.5 Å². The fraction of sp³-hybridized carbons (Fsp3) is 0.953. The molecule has 0 amide bonds. The van der Waals surface area contributed by atoms with Crippen molar-refractivity contribution in [2.75, 3.05) is 39.6 Å². The van der Waals surface area contributed by atoms with Crippen molar-refractivity contribution in [3.63, 3.8) is 0 Å². The highest BCUT2D eigenvalue weighted by atomic mass is 31.2. The molecule has 0 fully saturated rings. The molecule has 5 atom stereocenters. The van der Waals surface area contributed by atoms with Gasteiger partial charge in [-0.3, -0.25) is 37.3 Å². The molecule has 0 aromatic carbocycles. The van der Waals surface area contributed by atoms with Crippen LogP contribution in [0.15, 0.2) is 0 Å². The molecule has 0 rings (SSSR count). The van der Waals surface area contributed by atoms with Crippen LogP contribution in [0.4, 0.5) is 0 Å². The minimum atomic E-state index is -4.97. The lowest BCUT2D eigenvalue weighted by Crippen LogP contribution is -2.30. The predicted molar refractivity (Wildman–Crippen MR) is 432 cm³/mol. The van der Waals surface area contributed by atoms with E-state index < -0.39 is 97.5 Å². The van der Waals surface area contributed by atoms with E-state index in [1.54, 1.807) is 0 Å². The van der Waals surface area contributed by atoms with Crippen molar-refractivity contribution in [1.82, 2.24) is 0 Å². The normalized spacial score (nSPS) is 13.8. The first-order valence-electron chi connectivity index (χ1n) is 44.5. The second-order valence-corrected chi connectivity index (χ2v) is 34.8. The molecule has 0 aromatic rings. The summed E-state index contributed by atoms with van der Waals surface area (Å²) in [7, 11) is -9.93. The molecule has 624 valence electrons. The van der Waals surface area contributed by atoms with Gasteiger partial charge in [-0.2, -0.15) is 0 Å².